The fraction of sp³-hybridized carbons (Fsp3) is 0.257. The molecule has 5 rings (SSSR count). The van der Waals surface area contributed by atoms with Crippen LogP contribution in [-0.2, 0) is 39.8 Å². The number of carbonyl (C=O) groups excluding carboxylic acids is 2. The number of likely N-dealkylation sites (N-methyl/N-ethyl adjacent to an activating group) is 1. The van der Waals surface area contributed by atoms with Crippen LogP contribution >= 0.6 is 11.3 Å². The number of hydrogen-bond acceptors (Lipinski definition) is 10. The third kappa shape index (κ3) is 8.17. The molecule has 0 aliphatic rings. The van der Waals surface area contributed by atoms with Gasteiger partial charge in [-0.3, -0.25) is 9.69 Å². The number of aromatic nitrogens is 4. The van der Waals surface area contributed by atoms with Gasteiger partial charge in [0.25, 0.3) is 6.33 Å². The molecule has 0 fully saturated rings. The third-order valence-corrected chi connectivity index (χ3v) is 9.05. The fourth-order valence-electron chi connectivity index (χ4n) is 5.22. The molecule has 2 aromatic heterocycles. The Morgan fingerprint density at radius 2 is 1.92 bits per heavy atom. The highest BCUT2D eigenvalue weighted by atomic mass is 32.1. The van der Waals surface area contributed by atoms with E-state index in [0.717, 1.165) is 23.8 Å². The topological polar surface area (TPSA) is 146 Å². The highest BCUT2D eigenvalue weighted by Gasteiger charge is 2.43. The van der Waals surface area contributed by atoms with Gasteiger partial charge in [-0.25, -0.2) is 23.1 Å². The van der Waals surface area contributed by atoms with E-state index >= 15 is 4.39 Å². The first-order valence-corrected chi connectivity index (χ1v) is 16.2. The Hall–Kier alpha value is -5.56. The van der Waals surface area contributed by atoms with E-state index in [4.69, 9.17) is 14.7 Å². The Bertz CT molecular complexity index is 2010. The van der Waals surface area contributed by atoms with Gasteiger partial charge in [0.15, 0.2) is 0 Å². The number of aliphatic hydroxyl groups is 1. The monoisotopic (exact) mass is 702 g/mol. The van der Waals surface area contributed by atoms with Gasteiger partial charge >= 0.3 is 12.1 Å². The summed E-state index contributed by atoms with van der Waals surface area (Å²) in [4.78, 5) is 30.8. The quantitative estimate of drug-likeness (QED) is 0.133. The Morgan fingerprint density at radius 3 is 2.66 bits per heavy atom. The van der Waals surface area contributed by atoms with E-state index in [0.29, 0.717) is 27.5 Å². The number of nitrogens with zero attached hydrogens (tertiary/aromatic N) is 6. The maximum atomic E-state index is 15.3. The number of nitriles is 1. The molecule has 2 heterocycles. The number of rotatable bonds is 13. The number of anilines is 1. The van der Waals surface area contributed by atoms with Gasteiger partial charge in [-0.15, -0.1) is 16.0 Å². The molecule has 0 saturated heterocycles. The Labute approximate surface area is 290 Å². The zero-order chi connectivity index (χ0) is 35.8. The second kappa shape index (κ2) is 15.8. The summed E-state index contributed by atoms with van der Waals surface area (Å²) < 4.78 is 43.2. The van der Waals surface area contributed by atoms with E-state index in [2.05, 4.69) is 21.5 Å². The van der Waals surface area contributed by atoms with E-state index in [1.54, 1.807) is 67.9 Å². The summed E-state index contributed by atoms with van der Waals surface area (Å²) in [5.41, 5.74) is 0.638. The first kappa shape index (κ1) is 35.7. The van der Waals surface area contributed by atoms with E-state index < -0.39 is 35.2 Å². The molecule has 2 unspecified atom stereocenters. The lowest BCUT2D eigenvalue weighted by Crippen LogP contribution is -2.40. The highest BCUT2D eigenvalue weighted by molar-refractivity contribution is 7.10. The lowest BCUT2D eigenvalue weighted by Gasteiger charge is -2.32. The summed E-state index contributed by atoms with van der Waals surface area (Å²) in [6.07, 6.45) is 2.12. The van der Waals surface area contributed by atoms with Crippen LogP contribution in [0, 0.1) is 23.0 Å². The largest absolute Gasteiger partial charge is 0.460 e. The number of hydrogen-bond donors (Lipinski definition) is 2. The van der Waals surface area contributed by atoms with Gasteiger partial charge in [0.05, 0.1) is 34.6 Å². The van der Waals surface area contributed by atoms with Crippen LogP contribution in [0.25, 0.3) is 11.3 Å². The maximum absolute atomic E-state index is 15.3. The molecule has 0 spiro atoms. The molecule has 0 bridgehead atoms. The van der Waals surface area contributed by atoms with Crippen molar-refractivity contribution >= 4 is 29.1 Å². The van der Waals surface area contributed by atoms with Gasteiger partial charge in [0.2, 0.25) is 13.1 Å². The molecule has 3 aromatic carbocycles. The summed E-state index contributed by atoms with van der Waals surface area (Å²) in [5.74, 6) is -2.81. The summed E-state index contributed by atoms with van der Waals surface area (Å²) >= 11 is 1.25. The number of halogens is 2. The summed E-state index contributed by atoms with van der Waals surface area (Å²) in [7, 11) is 3.15. The van der Waals surface area contributed by atoms with Crippen LogP contribution in [0.5, 0.6) is 0 Å². The first-order chi connectivity index (χ1) is 24.0. The van der Waals surface area contributed by atoms with Gasteiger partial charge in [-0.05, 0) is 43.4 Å². The molecule has 50 heavy (non-hydrogen) atoms. The molecule has 2 atom stereocenters. The lowest BCUT2D eigenvalue weighted by atomic mass is 9.82. The summed E-state index contributed by atoms with van der Waals surface area (Å²) in [6.45, 7) is 1.11. The number of thiazole rings is 1. The maximum Gasteiger partial charge on any atom is 0.416 e. The van der Waals surface area contributed by atoms with Crippen molar-refractivity contribution in [2.45, 2.75) is 38.3 Å². The average Bonchev–Trinajstić information content (AvgIpc) is 3.80. The molecule has 5 aromatic rings. The smallest absolute Gasteiger partial charge is 0.416 e. The molecule has 1 amide bonds. The molecule has 258 valence electrons. The number of amides is 1. The first-order valence-electron chi connectivity index (χ1n) is 15.4. The Balaban J connectivity index is 1.32. The van der Waals surface area contributed by atoms with Crippen molar-refractivity contribution in [2.75, 3.05) is 25.5 Å². The SMILES string of the molecule is CNCC(=O)OCc1ccccc1N(C)C(=O)OC[n+]1cnn(CC(O)(c2cc(F)ccc2F)C(C)c2nc(-c3ccc(C#N)cc3)cs2)c1. The van der Waals surface area contributed by atoms with E-state index in [1.165, 1.54) is 45.2 Å². The minimum atomic E-state index is -2.02. The van der Waals surface area contributed by atoms with Gasteiger partial charge in [-0.1, -0.05) is 37.3 Å². The average molecular weight is 703 g/mol. The zero-order valence-electron chi connectivity index (χ0n) is 27.4. The van der Waals surface area contributed by atoms with Crippen molar-refractivity contribution in [3.63, 3.8) is 0 Å². The molecule has 2 N–H and O–H groups in total. The minimum Gasteiger partial charge on any atom is -0.460 e. The number of nitrogens with one attached hydrogen (secondary N) is 1. The van der Waals surface area contributed by atoms with Crippen LogP contribution in [0.4, 0.5) is 19.3 Å². The van der Waals surface area contributed by atoms with Crippen molar-refractivity contribution in [3.8, 4) is 17.3 Å². The van der Waals surface area contributed by atoms with E-state index in [-0.39, 0.29) is 32.0 Å². The number of para-hydroxylation sites is 1. The van der Waals surface area contributed by atoms with Gasteiger partial charge in [-0.2, -0.15) is 5.26 Å². The molecule has 0 aliphatic heterocycles. The minimum absolute atomic E-state index is 0.0409. The van der Waals surface area contributed by atoms with Crippen molar-refractivity contribution < 1.29 is 37.5 Å². The second-order valence-electron chi connectivity index (χ2n) is 11.4. The predicted octanol–water partition coefficient (Wildman–Crippen LogP) is 4.63. The van der Waals surface area contributed by atoms with Crippen LogP contribution in [-0.4, -0.2) is 52.6 Å². The molecule has 15 heteroatoms. The van der Waals surface area contributed by atoms with Crippen molar-refractivity contribution in [3.05, 3.63) is 118 Å². The van der Waals surface area contributed by atoms with Crippen LogP contribution in [0.2, 0.25) is 0 Å². The molecule has 0 radical (unpaired) electrons. The summed E-state index contributed by atoms with van der Waals surface area (Å²) in [5, 5.41) is 30.6. The van der Waals surface area contributed by atoms with Crippen LogP contribution in [0.3, 0.4) is 0 Å². The van der Waals surface area contributed by atoms with Crippen LogP contribution in [0.1, 0.15) is 34.5 Å². The molecular formula is C35H34F2N7O5S+. The van der Waals surface area contributed by atoms with E-state index in [1.807, 2.05) is 0 Å². The molecule has 0 saturated carbocycles. The molecular weight excluding hydrogens is 668 g/mol. The molecule has 12 nitrogen and oxygen atoms in total. The van der Waals surface area contributed by atoms with Gasteiger partial charge in [0.1, 0.15) is 30.4 Å². The van der Waals surface area contributed by atoms with Gasteiger partial charge in [0, 0.05) is 40.1 Å². The second-order valence-corrected chi connectivity index (χ2v) is 12.3. The van der Waals surface area contributed by atoms with E-state index in [9.17, 15) is 19.1 Å². The summed E-state index contributed by atoms with van der Waals surface area (Å²) in [6, 6.07) is 18.7. The van der Waals surface area contributed by atoms with Crippen molar-refractivity contribution in [1.82, 2.24) is 20.1 Å². The van der Waals surface area contributed by atoms with Crippen LogP contribution < -0.4 is 14.8 Å². The Morgan fingerprint density at radius 1 is 1.16 bits per heavy atom. The lowest BCUT2D eigenvalue weighted by molar-refractivity contribution is -0.727. The third-order valence-electron chi connectivity index (χ3n) is 8.02. The van der Waals surface area contributed by atoms with Crippen molar-refractivity contribution in [1.29, 1.82) is 5.26 Å². The number of carbonyl (C=O) groups is 2. The van der Waals surface area contributed by atoms with Crippen LogP contribution in [0.15, 0.2) is 84.8 Å². The van der Waals surface area contributed by atoms with Gasteiger partial charge < -0.3 is 19.9 Å². The zero-order valence-corrected chi connectivity index (χ0v) is 28.2. The highest BCUT2D eigenvalue weighted by Crippen LogP contribution is 2.41. The molecule has 0 aliphatic carbocycles. The number of esters is 1. The standard InChI is InChI=1S/C35H34F2N7O5S/c1-23(33-41-30(18-50-33)25-10-8-24(15-38)9-11-25)35(47,28-14-27(36)12-13-29(28)37)19-44-21-43(20-40-44)22-49-34(46)42(3)31-7-5-4-6-26(31)17-48-32(45)16-39-2/h4-14,18,20-21,23,39,47H,16-17,19,22H2,1-3H3/q+1. The predicted molar refractivity (Wildman–Crippen MR) is 178 cm³/mol. The normalized spacial score (nSPS) is 12.8. The fourth-order valence-corrected chi connectivity index (χ4v) is 6.19. The van der Waals surface area contributed by atoms with Crippen molar-refractivity contribution in [2.24, 2.45) is 0 Å². The number of ether oxygens (including phenoxy) is 2. The Kier molecular flexibility index (Phi) is 11.3. The number of benzene rings is 3.